The number of aromatic nitrogens is 2. The topological polar surface area (TPSA) is 58.0 Å². The zero-order valence-corrected chi connectivity index (χ0v) is 12.4. The Morgan fingerprint density at radius 1 is 1.10 bits per heavy atom. The number of hydrogen-bond acceptors (Lipinski definition) is 5. The zero-order chi connectivity index (χ0) is 14.1. The van der Waals surface area contributed by atoms with Gasteiger partial charge in [-0.1, -0.05) is 35.3 Å². The van der Waals surface area contributed by atoms with Crippen molar-refractivity contribution in [1.82, 2.24) is 8.75 Å². The number of benzene rings is 2. The summed E-state index contributed by atoms with van der Waals surface area (Å²) in [6.07, 6.45) is 0. The third-order valence-electron chi connectivity index (χ3n) is 2.90. The van der Waals surface area contributed by atoms with Gasteiger partial charge >= 0.3 is 0 Å². The fourth-order valence-electron chi connectivity index (χ4n) is 1.88. The molecule has 0 amide bonds. The molecule has 0 saturated heterocycles. The molecule has 20 heavy (non-hydrogen) atoms. The molecule has 0 atom stereocenters. The summed E-state index contributed by atoms with van der Waals surface area (Å²) in [7, 11) is 0. The van der Waals surface area contributed by atoms with E-state index in [0.717, 1.165) is 22.8 Å². The summed E-state index contributed by atoms with van der Waals surface area (Å²) in [4.78, 5) is 0. The second-order valence-electron chi connectivity index (χ2n) is 4.16. The monoisotopic (exact) mass is 325 g/mol. The van der Waals surface area contributed by atoms with Crippen LogP contribution in [0.4, 0.5) is 5.69 Å². The standard InChI is InChI=1S/C13H9Cl2N3OS/c14-8-4-5-10-12(18-20-17-10)11(8)16-6-7-2-1-3-9(15)13(7)19/h1-5,16,19H,6H2. The quantitative estimate of drug-likeness (QED) is 0.753. The summed E-state index contributed by atoms with van der Waals surface area (Å²) in [5, 5.41) is 14.0. The largest absolute Gasteiger partial charge is 0.506 e. The molecule has 3 aromatic rings. The van der Waals surface area contributed by atoms with Gasteiger partial charge in [0.2, 0.25) is 0 Å². The molecule has 0 unspecified atom stereocenters. The van der Waals surface area contributed by atoms with Crippen molar-refractivity contribution in [2.45, 2.75) is 6.54 Å². The van der Waals surface area contributed by atoms with E-state index in [9.17, 15) is 5.11 Å². The van der Waals surface area contributed by atoms with Crippen LogP contribution in [0, 0.1) is 0 Å². The number of phenolic OH excluding ortho intramolecular Hbond substituents is 1. The third-order valence-corrected chi connectivity index (χ3v) is 4.07. The van der Waals surface area contributed by atoms with E-state index in [1.54, 1.807) is 24.3 Å². The molecule has 7 heteroatoms. The summed E-state index contributed by atoms with van der Waals surface area (Å²) in [5.41, 5.74) is 2.91. The van der Waals surface area contributed by atoms with Gasteiger partial charge in [0.05, 0.1) is 27.5 Å². The first-order valence-corrected chi connectivity index (χ1v) is 7.26. The smallest absolute Gasteiger partial charge is 0.139 e. The first-order chi connectivity index (χ1) is 9.66. The number of para-hydroxylation sites is 1. The van der Waals surface area contributed by atoms with E-state index in [-0.39, 0.29) is 5.75 Å². The van der Waals surface area contributed by atoms with Crippen molar-refractivity contribution in [3.8, 4) is 5.75 Å². The van der Waals surface area contributed by atoms with Crippen molar-refractivity contribution in [1.29, 1.82) is 0 Å². The lowest BCUT2D eigenvalue weighted by Crippen LogP contribution is -2.01. The second kappa shape index (κ2) is 5.44. The maximum Gasteiger partial charge on any atom is 0.139 e. The average molecular weight is 326 g/mol. The van der Waals surface area contributed by atoms with E-state index in [1.807, 2.05) is 6.07 Å². The van der Waals surface area contributed by atoms with Gasteiger partial charge in [-0.05, 0) is 18.2 Å². The zero-order valence-electron chi connectivity index (χ0n) is 10.1. The highest BCUT2D eigenvalue weighted by atomic mass is 35.5. The summed E-state index contributed by atoms with van der Waals surface area (Å²) in [6, 6.07) is 8.81. The van der Waals surface area contributed by atoms with E-state index in [2.05, 4.69) is 14.1 Å². The maximum atomic E-state index is 9.89. The average Bonchev–Trinajstić information content (AvgIpc) is 2.90. The molecule has 0 aliphatic heterocycles. The Hall–Kier alpha value is -1.56. The van der Waals surface area contributed by atoms with Crippen LogP contribution in [0.3, 0.4) is 0 Å². The molecule has 102 valence electrons. The van der Waals surface area contributed by atoms with Gasteiger partial charge in [-0.3, -0.25) is 0 Å². The summed E-state index contributed by atoms with van der Waals surface area (Å²) < 4.78 is 8.40. The molecule has 0 aliphatic carbocycles. The van der Waals surface area contributed by atoms with Crippen molar-refractivity contribution in [2.24, 2.45) is 0 Å². The molecule has 0 radical (unpaired) electrons. The van der Waals surface area contributed by atoms with E-state index in [0.29, 0.717) is 27.8 Å². The number of halogens is 2. The van der Waals surface area contributed by atoms with Crippen molar-refractivity contribution < 1.29 is 5.11 Å². The molecule has 3 rings (SSSR count). The molecule has 0 bridgehead atoms. The molecule has 1 aromatic heterocycles. The Labute approximate surface area is 129 Å². The minimum Gasteiger partial charge on any atom is -0.506 e. The Balaban J connectivity index is 1.92. The first-order valence-electron chi connectivity index (χ1n) is 5.78. The Bertz CT molecular complexity index is 775. The summed E-state index contributed by atoms with van der Waals surface area (Å²) >= 11 is 13.2. The van der Waals surface area contributed by atoms with Crippen molar-refractivity contribution >= 4 is 51.7 Å². The molecule has 2 aromatic carbocycles. The highest BCUT2D eigenvalue weighted by molar-refractivity contribution is 7.00. The van der Waals surface area contributed by atoms with Gasteiger partial charge in [0, 0.05) is 12.1 Å². The minimum absolute atomic E-state index is 0.0707. The van der Waals surface area contributed by atoms with Crippen molar-refractivity contribution in [3.63, 3.8) is 0 Å². The fourth-order valence-corrected chi connectivity index (χ4v) is 2.84. The lowest BCUT2D eigenvalue weighted by atomic mass is 10.2. The van der Waals surface area contributed by atoms with Gasteiger partial charge in [-0.25, -0.2) is 0 Å². The number of phenols is 1. The van der Waals surface area contributed by atoms with Crippen LogP contribution < -0.4 is 5.32 Å². The molecule has 0 fully saturated rings. The molecule has 1 heterocycles. The number of fused-ring (bicyclic) bond motifs is 1. The lowest BCUT2D eigenvalue weighted by molar-refractivity contribution is 0.469. The van der Waals surface area contributed by atoms with Gasteiger partial charge < -0.3 is 10.4 Å². The molecular formula is C13H9Cl2N3OS. The van der Waals surface area contributed by atoms with Gasteiger partial charge in [0.1, 0.15) is 16.8 Å². The number of rotatable bonds is 3. The Morgan fingerprint density at radius 2 is 1.95 bits per heavy atom. The maximum absolute atomic E-state index is 9.89. The van der Waals surface area contributed by atoms with Crippen LogP contribution in [0.15, 0.2) is 30.3 Å². The van der Waals surface area contributed by atoms with Crippen LogP contribution in [-0.2, 0) is 6.54 Å². The Morgan fingerprint density at radius 3 is 2.80 bits per heavy atom. The van der Waals surface area contributed by atoms with Gasteiger partial charge in [0.15, 0.2) is 0 Å². The highest BCUT2D eigenvalue weighted by Crippen LogP contribution is 2.32. The van der Waals surface area contributed by atoms with Crippen LogP contribution in [-0.4, -0.2) is 13.9 Å². The van der Waals surface area contributed by atoms with Crippen LogP contribution in [0.1, 0.15) is 5.56 Å². The lowest BCUT2D eigenvalue weighted by Gasteiger charge is -2.10. The molecule has 2 N–H and O–H groups in total. The first kappa shape index (κ1) is 13.4. The van der Waals surface area contributed by atoms with E-state index < -0.39 is 0 Å². The van der Waals surface area contributed by atoms with Crippen LogP contribution >= 0.6 is 34.9 Å². The fraction of sp³-hybridized carbons (Fsp3) is 0.0769. The van der Waals surface area contributed by atoms with E-state index >= 15 is 0 Å². The van der Waals surface area contributed by atoms with Crippen LogP contribution in [0.25, 0.3) is 11.0 Å². The Kier molecular flexibility index (Phi) is 3.65. The molecule has 0 saturated carbocycles. The second-order valence-corrected chi connectivity index (χ2v) is 5.50. The summed E-state index contributed by atoms with van der Waals surface area (Å²) in [6.45, 7) is 0.392. The highest BCUT2D eigenvalue weighted by Gasteiger charge is 2.11. The number of hydrogen-bond donors (Lipinski definition) is 2. The normalized spacial score (nSPS) is 10.9. The molecule has 4 nitrogen and oxygen atoms in total. The predicted molar refractivity (Wildman–Crippen MR) is 82.9 cm³/mol. The van der Waals surface area contributed by atoms with Crippen molar-refractivity contribution in [2.75, 3.05) is 5.32 Å². The number of nitrogens with one attached hydrogen (secondary N) is 1. The molecule has 0 spiro atoms. The number of aromatic hydroxyl groups is 1. The number of anilines is 1. The number of nitrogens with zero attached hydrogens (tertiary/aromatic N) is 2. The predicted octanol–water partition coefficient (Wildman–Crippen LogP) is 4.32. The van der Waals surface area contributed by atoms with Gasteiger partial charge in [-0.2, -0.15) is 8.75 Å². The SMILES string of the molecule is Oc1c(Cl)cccc1CNc1c(Cl)ccc2nsnc12. The molecular weight excluding hydrogens is 317 g/mol. The molecule has 0 aliphatic rings. The summed E-state index contributed by atoms with van der Waals surface area (Å²) in [5.74, 6) is 0.0707. The minimum atomic E-state index is 0.0707. The van der Waals surface area contributed by atoms with E-state index in [4.69, 9.17) is 23.2 Å². The van der Waals surface area contributed by atoms with Crippen molar-refractivity contribution in [3.05, 3.63) is 45.9 Å². The van der Waals surface area contributed by atoms with Crippen LogP contribution in [0.5, 0.6) is 5.75 Å². The van der Waals surface area contributed by atoms with Gasteiger partial charge in [-0.15, -0.1) is 0 Å². The third kappa shape index (κ3) is 2.40. The van der Waals surface area contributed by atoms with E-state index in [1.165, 1.54) is 0 Å². The van der Waals surface area contributed by atoms with Gasteiger partial charge in [0.25, 0.3) is 0 Å². The van der Waals surface area contributed by atoms with Crippen LogP contribution in [0.2, 0.25) is 10.0 Å².